The van der Waals surface area contributed by atoms with E-state index in [9.17, 15) is 4.79 Å². The Kier molecular flexibility index (Phi) is 12.9. The number of nitrogens with zero attached hydrogens (tertiary/aromatic N) is 1. The van der Waals surface area contributed by atoms with E-state index in [2.05, 4.69) is 10.2 Å². The molecule has 20 heavy (non-hydrogen) atoms. The smallest absolute Gasteiger partial charge is 0.241 e. The lowest BCUT2D eigenvalue weighted by atomic mass is 10.1. The van der Waals surface area contributed by atoms with Crippen molar-refractivity contribution in [3.63, 3.8) is 0 Å². The number of benzene rings is 1. The van der Waals surface area contributed by atoms with E-state index in [1.807, 2.05) is 44.4 Å². The van der Waals surface area contributed by atoms with Gasteiger partial charge >= 0.3 is 0 Å². The van der Waals surface area contributed by atoms with E-state index in [4.69, 9.17) is 5.73 Å². The van der Waals surface area contributed by atoms with Gasteiger partial charge in [-0.1, -0.05) is 30.3 Å². The Balaban J connectivity index is 0. The van der Waals surface area contributed by atoms with E-state index < -0.39 is 6.04 Å². The summed E-state index contributed by atoms with van der Waals surface area (Å²) in [7, 11) is 4.09. The van der Waals surface area contributed by atoms with Gasteiger partial charge in [-0.2, -0.15) is 0 Å². The van der Waals surface area contributed by atoms with E-state index in [-0.39, 0.29) is 30.7 Å². The van der Waals surface area contributed by atoms with Gasteiger partial charge in [0.2, 0.25) is 5.91 Å². The number of nitrogens with one attached hydrogen (secondary N) is 1. The zero-order valence-corrected chi connectivity index (χ0v) is 13.7. The maximum Gasteiger partial charge on any atom is 0.241 e. The van der Waals surface area contributed by atoms with Crippen molar-refractivity contribution in [2.75, 3.05) is 27.2 Å². The largest absolute Gasteiger partial charge is 0.354 e. The predicted molar refractivity (Wildman–Crippen MR) is 88.7 cm³/mol. The number of carbonyl (C=O) groups excluding carboxylic acids is 1. The second-order valence-corrected chi connectivity index (χ2v) is 4.69. The highest BCUT2D eigenvalue weighted by molar-refractivity contribution is 5.85. The van der Waals surface area contributed by atoms with E-state index in [1.165, 1.54) is 0 Å². The molecule has 1 atom stereocenters. The van der Waals surface area contributed by atoms with E-state index in [0.29, 0.717) is 6.54 Å². The van der Waals surface area contributed by atoms with Gasteiger partial charge in [-0.15, -0.1) is 24.8 Å². The van der Waals surface area contributed by atoms with Gasteiger partial charge in [0.25, 0.3) is 0 Å². The molecule has 0 bridgehead atoms. The molecule has 4 nitrogen and oxygen atoms in total. The summed E-state index contributed by atoms with van der Waals surface area (Å²) in [5.74, 6) is -0.106. The van der Waals surface area contributed by atoms with Gasteiger partial charge in [0, 0.05) is 6.54 Å². The minimum atomic E-state index is -0.569. The van der Waals surface area contributed by atoms with Crippen LogP contribution in [0.4, 0.5) is 0 Å². The van der Waals surface area contributed by atoms with Crippen molar-refractivity contribution < 1.29 is 4.79 Å². The lowest BCUT2D eigenvalue weighted by Crippen LogP contribution is -2.34. The Labute approximate surface area is 133 Å². The predicted octanol–water partition coefficient (Wildman–Crippen LogP) is 1.99. The van der Waals surface area contributed by atoms with E-state index >= 15 is 0 Å². The molecule has 1 aromatic rings. The summed E-state index contributed by atoms with van der Waals surface area (Å²) in [6.45, 7) is 1.73. The first-order chi connectivity index (χ1) is 8.61. The summed E-state index contributed by atoms with van der Waals surface area (Å²) in [6, 6.07) is 8.86. The van der Waals surface area contributed by atoms with Crippen LogP contribution >= 0.6 is 24.8 Å². The van der Waals surface area contributed by atoms with Gasteiger partial charge in [0.1, 0.15) is 6.04 Å². The van der Waals surface area contributed by atoms with Crippen molar-refractivity contribution in [1.29, 1.82) is 0 Å². The third kappa shape index (κ3) is 8.38. The third-order valence-electron chi connectivity index (χ3n) is 2.77. The fourth-order valence-corrected chi connectivity index (χ4v) is 1.69. The molecule has 0 saturated carbocycles. The fourth-order valence-electron chi connectivity index (χ4n) is 1.69. The van der Waals surface area contributed by atoms with Gasteiger partial charge in [-0.05, 0) is 39.0 Å². The van der Waals surface area contributed by atoms with Crippen LogP contribution in [-0.2, 0) is 4.79 Å². The Hall–Kier alpha value is -0.810. The van der Waals surface area contributed by atoms with E-state index in [0.717, 1.165) is 24.9 Å². The number of hydrogen-bond donors (Lipinski definition) is 2. The first kappa shape index (κ1) is 21.5. The van der Waals surface area contributed by atoms with E-state index in [1.54, 1.807) is 0 Å². The van der Waals surface area contributed by atoms with Crippen molar-refractivity contribution >= 4 is 30.7 Å². The number of hydrogen-bond acceptors (Lipinski definition) is 3. The molecule has 0 aliphatic heterocycles. The first-order valence-corrected chi connectivity index (χ1v) is 6.34. The van der Waals surface area contributed by atoms with Crippen LogP contribution in [0.2, 0.25) is 0 Å². The van der Waals surface area contributed by atoms with Gasteiger partial charge < -0.3 is 16.0 Å². The molecule has 0 aromatic heterocycles. The van der Waals surface area contributed by atoms with Crippen LogP contribution in [0.5, 0.6) is 0 Å². The summed E-state index contributed by atoms with van der Waals surface area (Å²) in [6.07, 6.45) is 2.05. The lowest BCUT2D eigenvalue weighted by molar-refractivity contribution is -0.122. The number of amides is 1. The molecule has 0 aliphatic carbocycles. The van der Waals surface area contributed by atoms with Crippen LogP contribution in [0.3, 0.4) is 0 Å². The van der Waals surface area contributed by atoms with Crippen LogP contribution in [0.15, 0.2) is 30.3 Å². The maximum absolute atomic E-state index is 11.8. The third-order valence-corrected chi connectivity index (χ3v) is 2.77. The second kappa shape index (κ2) is 12.0. The van der Waals surface area contributed by atoms with Crippen LogP contribution in [-0.4, -0.2) is 38.0 Å². The molecule has 0 aliphatic rings. The molecule has 116 valence electrons. The first-order valence-electron chi connectivity index (χ1n) is 6.34. The van der Waals surface area contributed by atoms with Crippen LogP contribution in [0, 0.1) is 0 Å². The number of carbonyl (C=O) groups is 1. The van der Waals surface area contributed by atoms with Gasteiger partial charge in [0.05, 0.1) is 0 Å². The molecule has 1 aromatic carbocycles. The van der Waals surface area contributed by atoms with Crippen molar-refractivity contribution in [3.05, 3.63) is 35.9 Å². The van der Waals surface area contributed by atoms with Crippen molar-refractivity contribution in [2.45, 2.75) is 18.9 Å². The average Bonchev–Trinajstić information content (AvgIpc) is 2.38. The molecular formula is C14H25Cl2N3O. The molecule has 0 spiro atoms. The number of rotatable bonds is 7. The highest BCUT2D eigenvalue weighted by atomic mass is 35.5. The van der Waals surface area contributed by atoms with Crippen molar-refractivity contribution in [1.82, 2.24) is 10.2 Å². The topological polar surface area (TPSA) is 58.4 Å². The summed E-state index contributed by atoms with van der Waals surface area (Å²) in [4.78, 5) is 13.9. The fraction of sp³-hybridized carbons (Fsp3) is 0.500. The Morgan fingerprint density at radius 1 is 1.20 bits per heavy atom. The molecular weight excluding hydrogens is 297 g/mol. The van der Waals surface area contributed by atoms with Gasteiger partial charge in [0.15, 0.2) is 0 Å². The molecule has 0 saturated heterocycles. The zero-order chi connectivity index (χ0) is 13.4. The minimum Gasteiger partial charge on any atom is -0.354 e. The average molecular weight is 322 g/mol. The molecule has 0 fully saturated rings. The van der Waals surface area contributed by atoms with Gasteiger partial charge in [-0.25, -0.2) is 0 Å². The summed E-state index contributed by atoms with van der Waals surface area (Å²) in [5.41, 5.74) is 6.73. The molecule has 1 amide bonds. The van der Waals surface area contributed by atoms with Crippen molar-refractivity contribution in [3.8, 4) is 0 Å². The summed E-state index contributed by atoms with van der Waals surface area (Å²) in [5, 5.41) is 2.87. The maximum atomic E-state index is 11.8. The monoisotopic (exact) mass is 321 g/mol. The molecule has 1 unspecified atom stereocenters. The van der Waals surface area contributed by atoms with Crippen LogP contribution < -0.4 is 11.1 Å². The normalized spacial score (nSPS) is 11.2. The standard InChI is InChI=1S/C14H23N3O.2ClH/c1-17(2)11-7-6-10-16-14(18)13(15)12-8-4-3-5-9-12;;/h3-5,8-9,13H,6-7,10-11,15H2,1-2H3,(H,16,18);2*1H. The van der Waals surface area contributed by atoms with Gasteiger partial charge in [-0.3, -0.25) is 4.79 Å². The van der Waals surface area contributed by atoms with Crippen LogP contribution in [0.25, 0.3) is 0 Å². The highest BCUT2D eigenvalue weighted by Gasteiger charge is 2.14. The van der Waals surface area contributed by atoms with Crippen molar-refractivity contribution in [2.24, 2.45) is 5.73 Å². The number of halogens is 2. The molecule has 0 heterocycles. The van der Waals surface area contributed by atoms with Crippen LogP contribution in [0.1, 0.15) is 24.4 Å². The Morgan fingerprint density at radius 3 is 2.35 bits per heavy atom. The number of nitrogens with two attached hydrogens (primary N) is 1. The quantitative estimate of drug-likeness (QED) is 0.755. The zero-order valence-electron chi connectivity index (χ0n) is 12.0. The second-order valence-electron chi connectivity index (χ2n) is 4.69. The molecule has 0 radical (unpaired) electrons. The molecule has 3 N–H and O–H groups in total. The Morgan fingerprint density at radius 2 is 1.80 bits per heavy atom. The lowest BCUT2D eigenvalue weighted by Gasteiger charge is -2.13. The SMILES string of the molecule is CN(C)CCCCNC(=O)C(N)c1ccccc1.Cl.Cl. The molecule has 6 heteroatoms. The highest BCUT2D eigenvalue weighted by Crippen LogP contribution is 2.08. The molecule has 1 rings (SSSR count). The summed E-state index contributed by atoms with van der Waals surface area (Å²) >= 11 is 0. The minimum absolute atomic E-state index is 0. The Bertz CT molecular complexity index is 361. The summed E-state index contributed by atoms with van der Waals surface area (Å²) < 4.78 is 0. The number of unbranched alkanes of at least 4 members (excludes halogenated alkanes) is 1.